The predicted octanol–water partition coefficient (Wildman–Crippen LogP) is 3.90. The second kappa shape index (κ2) is 5.45. The van der Waals surface area contributed by atoms with Gasteiger partial charge in [0.25, 0.3) is 5.91 Å². The van der Waals surface area contributed by atoms with Crippen LogP contribution in [-0.2, 0) is 0 Å². The average molecular weight is 319 g/mol. The van der Waals surface area contributed by atoms with Gasteiger partial charge in [0.05, 0.1) is 0 Å². The van der Waals surface area contributed by atoms with Crippen LogP contribution in [0.4, 0.5) is 11.4 Å². The Morgan fingerprint density at radius 3 is 2.47 bits per heavy atom. The first-order valence-corrected chi connectivity index (χ1v) is 6.70. The van der Waals surface area contributed by atoms with E-state index in [9.17, 15) is 4.79 Å². The number of hydrogen-bond donors (Lipinski definition) is 2. The normalized spacial score (nSPS) is 10.3. The highest BCUT2D eigenvalue weighted by Crippen LogP contribution is 2.21. The van der Waals surface area contributed by atoms with Gasteiger partial charge in [-0.15, -0.1) is 0 Å². The number of benzene rings is 2. The molecule has 4 heteroatoms. The molecule has 0 aliphatic rings. The van der Waals surface area contributed by atoms with E-state index in [0.29, 0.717) is 11.3 Å². The highest BCUT2D eigenvalue weighted by atomic mass is 79.9. The van der Waals surface area contributed by atoms with E-state index in [-0.39, 0.29) is 5.91 Å². The third-order valence-electron chi connectivity index (χ3n) is 2.97. The van der Waals surface area contributed by atoms with Gasteiger partial charge in [0, 0.05) is 21.4 Å². The lowest BCUT2D eigenvalue weighted by Gasteiger charge is -2.10. The summed E-state index contributed by atoms with van der Waals surface area (Å²) in [6.45, 7) is 3.84. The highest BCUT2D eigenvalue weighted by molar-refractivity contribution is 9.10. The van der Waals surface area contributed by atoms with Gasteiger partial charge in [-0.05, 0) is 61.4 Å². The first-order chi connectivity index (χ1) is 8.97. The maximum absolute atomic E-state index is 12.2. The number of rotatable bonds is 2. The minimum absolute atomic E-state index is 0.131. The first kappa shape index (κ1) is 13.6. The molecular weight excluding hydrogens is 304 g/mol. The molecule has 2 aromatic carbocycles. The molecule has 0 heterocycles. The largest absolute Gasteiger partial charge is 0.399 e. The van der Waals surface area contributed by atoms with Crippen LogP contribution < -0.4 is 11.1 Å². The SMILES string of the molecule is Cc1cc(C(=O)Nc2ccc(Br)cc2C)ccc1N. The summed E-state index contributed by atoms with van der Waals surface area (Å²) in [6.07, 6.45) is 0. The summed E-state index contributed by atoms with van der Waals surface area (Å²) in [5.41, 5.74) is 9.76. The number of aryl methyl sites for hydroxylation is 2. The van der Waals surface area contributed by atoms with Crippen LogP contribution in [0.25, 0.3) is 0 Å². The number of nitrogens with two attached hydrogens (primary N) is 1. The second-order valence-corrected chi connectivity index (χ2v) is 5.40. The van der Waals surface area contributed by atoms with E-state index in [1.807, 2.05) is 32.0 Å². The summed E-state index contributed by atoms with van der Waals surface area (Å²) < 4.78 is 0.992. The number of carbonyl (C=O) groups excluding carboxylic acids is 1. The molecule has 0 aromatic heterocycles. The van der Waals surface area contributed by atoms with Gasteiger partial charge >= 0.3 is 0 Å². The van der Waals surface area contributed by atoms with Gasteiger partial charge < -0.3 is 11.1 Å². The van der Waals surface area contributed by atoms with Crippen LogP contribution in [0, 0.1) is 13.8 Å². The minimum Gasteiger partial charge on any atom is -0.399 e. The lowest BCUT2D eigenvalue weighted by atomic mass is 10.1. The van der Waals surface area contributed by atoms with Gasteiger partial charge in [0.2, 0.25) is 0 Å². The summed E-state index contributed by atoms with van der Waals surface area (Å²) in [7, 11) is 0. The van der Waals surface area contributed by atoms with Crippen molar-refractivity contribution < 1.29 is 4.79 Å². The van der Waals surface area contributed by atoms with Crippen LogP contribution >= 0.6 is 15.9 Å². The summed E-state index contributed by atoms with van der Waals surface area (Å²) >= 11 is 3.40. The summed E-state index contributed by atoms with van der Waals surface area (Å²) in [5, 5.41) is 2.90. The van der Waals surface area contributed by atoms with Gasteiger partial charge in [-0.3, -0.25) is 4.79 Å². The van der Waals surface area contributed by atoms with E-state index in [4.69, 9.17) is 5.73 Å². The highest BCUT2D eigenvalue weighted by Gasteiger charge is 2.08. The van der Waals surface area contributed by atoms with Crippen molar-refractivity contribution >= 4 is 33.2 Å². The molecular formula is C15H15BrN2O. The van der Waals surface area contributed by atoms with Crippen molar-refractivity contribution in [3.8, 4) is 0 Å². The zero-order valence-electron chi connectivity index (χ0n) is 10.8. The average Bonchev–Trinajstić information content (AvgIpc) is 2.36. The minimum atomic E-state index is -0.131. The van der Waals surface area contributed by atoms with Crippen molar-refractivity contribution in [2.75, 3.05) is 11.1 Å². The smallest absolute Gasteiger partial charge is 0.255 e. The Morgan fingerprint density at radius 1 is 1.11 bits per heavy atom. The molecule has 2 aromatic rings. The molecule has 0 atom stereocenters. The molecule has 0 saturated heterocycles. The van der Waals surface area contributed by atoms with Gasteiger partial charge in [-0.1, -0.05) is 15.9 Å². The van der Waals surface area contributed by atoms with Crippen LogP contribution in [0.15, 0.2) is 40.9 Å². The quantitative estimate of drug-likeness (QED) is 0.825. The van der Waals surface area contributed by atoms with Gasteiger partial charge in [-0.2, -0.15) is 0 Å². The third-order valence-corrected chi connectivity index (χ3v) is 3.46. The second-order valence-electron chi connectivity index (χ2n) is 4.48. The Kier molecular flexibility index (Phi) is 3.90. The van der Waals surface area contributed by atoms with E-state index >= 15 is 0 Å². The molecule has 2 rings (SSSR count). The molecule has 3 N–H and O–H groups in total. The number of carbonyl (C=O) groups is 1. The fourth-order valence-corrected chi connectivity index (χ4v) is 2.25. The fourth-order valence-electron chi connectivity index (χ4n) is 1.78. The van der Waals surface area contributed by atoms with Crippen molar-refractivity contribution in [1.82, 2.24) is 0 Å². The maximum atomic E-state index is 12.2. The summed E-state index contributed by atoms with van der Waals surface area (Å²) in [5.74, 6) is -0.131. The molecule has 0 aliphatic carbocycles. The molecule has 19 heavy (non-hydrogen) atoms. The van der Waals surface area contributed by atoms with E-state index in [0.717, 1.165) is 21.3 Å². The van der Waals surface area contributed by atoms with E-state index in [1.165, 1.54) is 0 Å². The Morgan fingerprint density at radius 2 is 1.84 bits per heavy atom. The zero-order valence-corrected chi connectivity index (χ0v) is 12.4. The fraction of sp³-hybridized carbons (Fsp3) is 0.133. The van der Waals surface area contributed by atoms with Crippen LogP contribution in [0.3, 0.4) is 0 Å². The van der Waals surface area contributed by atoms with E-state index < -0.39 is 0 Å². The number of nitrogen functional groups attached to an aromatic ring is 1. The Hall–Kier alpha value is -1.81. The number of anilines is 2. The predicted molar refractivity (Wildman–Crippen MR) is 82.4 cm³/mol. The molecule has 0 saturated carbocycles. The summed E-state index contributed by atoms with van der Waals surface area (Å²) in [6, 6.07) is 11.0. The van der Waals surface area contributed by atoms with Gasteiger partial charge in [0.15, 0.2) is 0 Å². The molecule has 3 nitrogen and oxygen atoms in total. The van der Waals surface area contributed by atoms with E-state index in [2.05, 4.69) is 21.2 Å². The van der Waals surface area contributed by atoms with Gasteiger partial charge in [0.1, 0.15) is 0 Å². The topological polar surface area (TPSA) is 55.1 Å². The Balaban J connectivity index is 2.23. The lowest BCUT2D eigenvalue weighted by molar-refractivity contribution is 0.102. The van der Waals surface area contributed by atoms with Crippen LogP contribution in [0.5, 0.6) is 0 Å². The molecule has 0 bridgehead atoms. The standard InChI is InChI=1S/C15H15BrN2O/c1-9-7-11(3-5-13(9)17)15(19)18-14-6-4-12(16)8-10(14)2/h3-8H,17H2,1-2H3,(H,18,19). The van der Waals surface area contributed by atoms with Gasteiger partial charge in [-0.25, -0.2) is 0 Å². The van der Waals surface area contributed by atoms with Crippen molar-refractivity contribution in [3.63, 3.8) is 0 Å². The van der Waals surface area contributed by atoms with Crippen LogP contribution in [0.1, 0.15) is 21.5 Å². The molecule has 1 amide bonds. The molecule has 98 valence electrons. The number of amides is 1. The van der Waals surface area contributed by atoms with Crippen molar-refractivity contribution in [2.45, 2.75) is 13.8 Å². The van der Waals surface area contributed by atoms with E-state index in [1.54, 1.807) is 18.2 Å². The number of nitrogens with one attached hydrogen (secondary N) is 1. The van der Waals surface area contributed by atoms with Crippen molar-refractivity contribution in [2.24, 2.45) is 0 Å². The van der Waals surface area contributed by atoms with Crippen LogP contribution in [-0.4, -0.2) is 5.91 Å². The molecule has 0 unspecified atom stereocenters. The summed E-state index contributed by atoms with van der Waals surface area (Å²) in [4.78, 5) is 12.2. The molecule has 0 aliphatic heterocycles. The van der Waals surface area contributed by atoms with Crippen molar-refractivity contribution in [1.29, 1.82) is 0 Å². The monoisotopic (exact) mass is 318 g/mol. The van der Waals surface area contributed by atoms with Crippen LogP contribution in [0.2, 0.25) is 0 Å². The Bertz CT molecular complexity index is 638. The lowest BCUT2D eigenvalue weighted by Crippen LogP contribution is -2.13. The maximum Gasteiger partial charge on any atom is 0.255 e. The molecule has 0 spiro atoms. The third kappa shape index (κ3) is 3.15. The number of halogens is 1. The molecule has 0 fully saturated rings. The van der Waals surface area contributed by atoms with Crippen molar-refractivity contribution in [3.05, 3.63) is 57.6 Å². The Labute approximate surface area is 121 Å². The number of hydrogen-bond acceptors (Lipinski definition) is 2. The zero-order chi connectivity index (χ0) is 14.0. The molecule has 0 radical (unpaired) electrons. The first-order valence-electron chi connectivity index (χ1n) is 5.91.